The van der Waals surface area contributed by atoms with Gasteiger partial charge in [0, 0.05) is 5.56 Å². The van der Waals surface area contributed by atoms with Crippen LogP contribution in [0.5, 0.6) is 0 Å². The third-order valence-electron chi connectivity index (χ3n) is 3.00. The van der Waals surface area contributed by atoms with Crippen molar-refractivity contribution in [3.8, 4) is 17.3 Å². The fourth-order valence-electron chi connectivity index (χ4n) is 2.03. The topological polar surface area (TPSA) is 65.4 Å². The molecule has 2 aromatic heterocycles. The first-order valence-corrected chi connectivity index (χ1v) is 5.91. The molecule has 0 unspecified atom stereocenters. The lowest BCUT2D eigenvalue weighted by Crippen LogP contribution is -2.04. The number of hydrogen-bond acceptors (Lipinski definition) is 3. The van der Waals surface area contributed by atoms with E-state index in [0.29, 0.717) is 11.0 Å². The zero-order valence-corrected chi connectivity index (χ0v) is 10.4. The number of imidazole rings is 1. The average molecular weight is 288 g/mol. The van der Waals surface area contributed by atoms with E-state index in [1.54, 1.807) is 6.07 Å². The minimum Gasteiger partial charge on any atom is -0.344 e. The quantitative estimate of drug-likeness (QED) is 0.745. The molecule has 0 radical (unpaired) electrons. The highest BCUT2D eigenvalue weighted by atomic mass is 19.4. The SMILES string of the molecule is N#Cc1nc(-c2cccc(C(F)(F)F)c2)cc2[nH]cnc12. The highest BCUT2D eigenvalue weighted by Gasteiger charge is 2.30. The van der Waals surface area contributed by atoms with Crippen molar-refractivity contribution in [2.75, 3.05) is 0 Å². The third-order valence-corrected chi connectivity index (χ3v) is 3.00. The van der Waals surface area contributed by atoms with Crippen molar-refractivity contribution < 1.29 is 13.2 Å². The summed E-state index contributed by atoms with van der Waals surface area (Å²) in [6, 6.07) is 8.28. The molecule has 0 fully saturated rings. The van der Waals surface area contributed by atoms with Crippen LogP contribution < -0.4 is 0 Å². The largest absolute Gasteiger partial charge is 0.416 e. The number of benzene rings is 1. The molecule has 3 rings (SSSR count). The molecule has 0 spiro atoms. The van der Waals surface area contributed by atoms with Crippen LogP contribution in [-0.2, 0) is 6.18 Å². The van der Waals surface area contributed by atoms with Crippen LogP contribution in [0.1, 0.15) is 11.3 Å². The molecular weight excluding hydrogens is 281 g/mol. The number of alkyl halides is 3. The lowest BCUT2D eigenvalue weighted by molar-refractivity contribution is -0.137. The van der Waals surface area contributed by atoms with Gasteiger partial charge in [0.2, 0.25) is 0 Å². The summed E-state index contributed by atoms with van der Waals surface area (Å²) in [7, 11) is 0. The van der Waals surface area contributed by atoms with Gasteiger partial charge >= 0.3 is 6.18 Å². The second kappa shape index (κ2) is 4.59. The van der Waals surface area contributed by atoms with Gasteiger partial charge in [-0.2, -0.15) is 18.4 Å². The van der Waals surface area contributed by atoms with Gasteiger partial charge < -0.3 is 4.98 Å². The summed E-state index contributed by atoms with van der Waals surface area (Å²) in [4.78, 5) is 10.9. The molecule has 0 amide bonds. The Morgan fingerprint density at radius 1 is 1.19 bits per heavy atom. The van der Waals surface area contributed by atoms with Crippen LogP contribution in [0.3, 0.4) is 0 Å². The molecule has 7 heteroatoms. The summed E-state index contributed by atoms with van der Waals surface area (Å²) in [5.74, 6) is 0. The molecule has 21 heavy (non-hydrogen) atoms. The Hall–Kier alpha value is -2.88. The number of pyridine rings is 1. The number of rotatable bonds is 1. The van der Waals surface area contributed by atoms with Crippen LogP contribution in [0, 0.1) is 11.3 Å². The minimum atomic E-state index is -4.42. The Morgan fingerprint density at radius 3 is 2.71 bits per heavy atom. The first-order chi connectivity index (χ1) is 9.99. The number of fused-ring (bicyclic) bond motifs is 1. The van der Waals surface area contributed by atoms with E-state index in [-0.39, 0.29) is 17.0 Å². The van der Waals surface area contributed by atoms with Gasteiger partial charge in [-0.1, -0.05) is 12.1 Å². The van der Waals surface area contributed by atoms with Crippen molar-refractivity contribution in [2.45, 2.75) is 6.18 Å². The smallest absolute Gasteiger partial charge is 0.344 e. The molecule has 4 nitrogen and oxygen atoms in total. The number of nitrogens with zero attached hydrogens (tertiary/aromatic N) is 3. The number of hydrogen-bond donors (Lipinski definition) is 1. The molecular formula is C14H7F3N4. The summed E-state index contributed by atoms with van der Waals surface area (Å²) < 4.78 is 38.2. The predicted molar refractivity (Wildman–Crippen MR) is 69.0 cm³/mol. The van der Waals surface area contributed by atoms with Gasteiger partial charge in [0.1, 0.15) is 11.6 Å². The van der Waals surface area contributed by atoms with Crippen molar-refractivity contribution in [3.05, 3.63) is 47.9 Å². The van der Waals surface area contributed by atoms with Gasteiger partial charge in [0.15, 0.2) is 5.69 Å². The fraction of sp³-hybridized carbons (Fsp3) is 0.0714. The van der Waals surface area contributed by atoms with E-state index in [0.717, 1.165) is 12.1 Å². The van der Waals surface area contributed by atoms with Gasteiger partial charge in [0.25, 0.3) is 0 Å². The van der Waals surface area contributed by atoms with Crippen molar-refractivity contribution in [2.24, 2.45) is 0 Å². The van der Waals surface area contributed by atoms with E-state index in [9.17, 15) is 13.2 Å². The van der Waals surface area contributed by atoms with Gasteiger partial charge in [-0.15, -0.1) is 0 Å². The number of aromatic nitrogens is 3. The maximum Gasteiger partial charge on any atom is 0.416 e. The Balaban J connectivity index is 2.19. The van der Waals surface area contributed by atoms with E-state index in [2.05, 4.69) is 15.0 Å². The van der Waals surface area contributed by atoms with E-state index >= 15 is 0 Å². The van der Waals surface area contributed by atoms with Crippen LogP contribution in [-0.4, -0.2) is 15.0 Å². The van der Waals surface area contributed by atoms with Crippen molar-refractivity contribution in [1.82, 2.24) is 15.0 Å². The van der Waals surface area contributed by atoms with Gasteiger partial charge in [-0.3, -0.25) is 0 Å². The third kappa shape index (κ3) is 2.31. The first-order valence-electron chi connectivity index (χ1n) is 5.91. The van der Waals surface area contributed by atoms with E-state index in [4.69, 9.17) is 5.26 Å². The first kappa shape index (κ1) is 13.1. The Morgan fingerprint density at radius 2 is 2.00 bits per heavy atom. The highest BCUT2D eigenvalue weighted by molar-refractivity contribution is 5.83. The second-order valence-electron chi connectivity index (χ2n) is 4.35. The molecule has 0 saturated heterocycles. The second-order valence-corrected chi connectivity index (χ2v) is 4.35. The normalized spacial score (nSPS) is 11.5. The zero-order valence-electron chi connectivity index (χ0n) is 10.4. The molecule has 0 aliphatic heterocycles. The molecule has 104 valence electrons. The van der Waals surface area contributed by atoms with Crippen molar-refractivity contribution in [3.63, 3.8) is 0 Å². The van der Waals surface area contributed by atoms with E-state index < -0.39 is 11.7 Å². The lowest BCUT2D eigenvalue weighted by Gasteiger charge is -2.08. The Bertz CT molecular complexity index is 859. The van der Waals surface area contributed by atoms with Crippen molar-refractivity contribution >= 4 is 11.0 Å². The highest BCUT2D eigenvalue weighted by Crippen LogP contribution is 2.32. The number of nitrogens with one attached hydrogen (secondary N) is 1. The summed E-state index contributed by atoms with van der Waals surface area (Å²) in [6.45, 7) is 0. The van der Waals surface area contributed by atoms with E-state index in [1.165, 1.54) is 18.5 Å². The standard InChI is InChI=1S/C14H7F3N4/c15-14(16,17)9-3-1-2-8(4-9)10-5-11-13(20-7-19-11)12(6-18)21-10/h1-5,7H,(H,19,20). The molecule has 0 atom stereocenters. The zero-order chi connectivity index (χ0) is 15.0. The Labute approximate surface area is 116 Å². The van der Waals surface area contributed by atoms with Crippen LogP contribution in [0.25, 0.3) is 22.3 Å². The summed E-state index contributed by atoms with van der Waals surface area (Å²) in [5, 5.41) is 9.06. The number of halogens is 3. The molecule has 0 saturated carbocycles. The predicted octanol–water partition coefficient (Wildman–Crippen LogP) is 3.52. The molecule has 3 aromatic rings. The van der Waals surface area contributed by atoms with Gasteiger partial charge in [-0.25, -0.2) is 9.97 Å². The maximum absolute atomic E-state index is 12.7. The van der Waals surface area contributed by atoms with Gasteiger partial charge in [0.05, 0.1) is 23.1 Å². The average Bonchev–Trinajstić information content (AvgIpc) is 2.93. The molecule has 1 N–H and O–H groups in total. The number of aromatic amines is 1. The summed E-state index contributed by atoms with van der Waals surface area (Å²) >= 11 is 0. The van der Waals surface area contributed by atoms with Gasteiger partial charge in [-0.05, 0) is 18.2 Å². The number of nitriles is 1. The monoisotopic (exact) mass is 288 g/mol. The lowest BCUT2D eigenvalue weighted by atomic mass is 10.1. The maximum atomic E-state index is 12.7. The minimum absolute atomic E-state index is 0.0705. The van der Waals surface area contributed by atoms with Crippen LogP contribution in [0.2, 0.25) is 0 Å². The van der Waals surface area contributed by atoms with Crippen LogP contribution in [0.15, 0.2) is 36.7 Å². The molecule has 2 heterocycles. The molecule has 1 aromatic carbocycles. The summed E-state index contributed by atoms with van der Waals surface area (Å²) in [6.07, 6.45) is -3.02. The molecule has 0 aliphatic rings. The Kier molecular flexibility index (Phi) is 2.87. The number of H-pyrrole nitrogens is 1. The van der Waals surface area contributed by atoms with Crippen LogP contribution in [0.4, 0.5) is 13.2 Å². The molecule has 0 bridgehead atoms. The molecule has 0 aliphatic carbocycles. The summed E-state index contributed by atoms with van der Waals surface area (Å²) in [5.41, 5.74) is 0.834. The van der Waals surface area contributed by atoms with Crippen LogP contribution >= 0.6 is 0 Å². The van der Waals surface area contributed by atoms with Crippen molar-refractivity contribution in [1.29, 1.82) is 5.26 Å². The fourth-order valence-corrected chi connectivity index (χ4v) is 2.03. The van der Waals surface area contributed by atoms with E-state index in [1.807, 2.05) is 6.07 Å².